The van der Waals surface area contributed by atoms with Gasteiger partial charge in [-0.3, -0.25) is 0 Å². The van der Waals surface area contributed by atoms with E-state index in [1.165, 1.54) is 96.3 Å². The third-order valence-corrected chi connectivity index (χ3v) is 10.0. The summed E-state index contributed by atoms with van der Waals surface area (Å²) in [5.41, 5.74) is 3.93. The number of unbranched alkanes of at least 4 members (excludes halogenated alkanes) is 15. The molecule has 0 saturated carbocycles. The summed E-state index contributed by atoms with van der Waals surface area (Å²) in [6, 6.07) is 41.2. The quantitative estimate of drug-likeness (QED) is 0.0437. The van der Waals surface area contributed by atoms with Crippen LogP contribution in [0.2, 0.25) is 0 Å². The van der Waals surface area contributed by atoms with E-state index in [1.54, 1.807) is 0 Å². The molecule has 4 nitrogen and oxygen atoms in total. The molecule has 0 aliphatic carbocycles. The predicted octanol–water partition coefficient (Wildman–Crippen LogP) is 12.7. The number of nitrogens with zero attached hydrogens (tertiary/aromatic N) is 1. The number of rotatable bonds is 28. The Kier molecular flexibility index (Phi) is 19.9. The van der Waals surface area contributed by atoms with Gasteiger partial charge in [0.05, 0.1) is 31.5 Å². The first-order valence-corrected chi connectivity index (χ1v) is 20.2. The van der Waals surface area contributed by atoms with Gasteiger partial charge in [0.15, 0.2) is 0 Å². The zero-order valence-electron chi connectivity index (χ0n) is 31.9. The average Bonchev–Trinajstić information content (AvgIpc) is 3.20. The fourth-order valence-corrected chi connectivity index (χ4v) is 7.04. The first kappa shape index (κ1) is 41.0. The summed E-state index contributed by atoms with van der Waals surface area (Å²) >= 11 is 0. The van der Waals surface area contributed by atoms with E-state index in [1.807, 2.05) is 42.5 Å². The van der Waals surface area contributed by atoms with Gasteiger partial charge in [0.1, 0.15) is 11.7 Å². The zero-order valence-corrected chi connectivity index (χ0v) is 31.9. The molecule has 52 heavy (non-hydrogen) atoms. The SMILES string of the molecule is CCCCCCCCCCCCCCCCCCOC[C@H](COC(c1ccccc1)(c1ccccc1)c1ccccc1)OCc1cccc(C#N)c1. The van der Waals surface area contributed by atoms with Crippen molar-refractivity contribution in [2.24, 2.45) is 0 Å². The molecule has 0 saturated heterocycles. The summed E-state index contributed by atoms with van der Waals surface area (Å²) in [6.45, 7) is 4.14. The van der Waals surface area contributed by atoms with Crippen LogP contribution in [0.5, 0.6) is 0 Å². The van der Waals surface area contributed by atoms with Gasteiger partial charge in [-0.1, -0.05) is 206 Å². The highest BCUT2D eigenvalue weighted by Crippen LogP contribution is 2.40. The summed E-state index contributed by atoms with van der Waals surface area (Å²) in [6.07, 6.45) is 21.4. The van der Waals surface area contributed by atoms with Crippen molar-refractivity contribution in [1.82, 2.24) is 0 Å². The number of ether oxygens (including phenoxy) is 3. The van der Waals surface area contributed by atoms with Gasteiger partial charge in [0.2, 0.25) is 0 Å². The van der Waals surface area contributed by atoms with Crippen LogP contribution in [0.1, 0.15) is 137 Å². The van der Waals surface area contributed by atoms with E-state index in [0.29, 0.717) is 32.0 Å². The molecule has 0 aliphatic heterocycles. The molecule has 0 aromatic heterocycles. The molecule has 4 rings (SSSR count). The number of hydrogen-bond donors (Lipinski definition) is 0. The second-order valence-corrected chi connectivity index (χ2v) is 14.2. The van der Waals surface area contributed by atoms with Crippen LogP contribution in [-0.2, 0) is 26.4 Å². The molecule has 0 N–H and O–H groups in total. The van der Waals surface area contributed by atoms with Gasteiger partial charge >= 0.3 is 0 Å². The molecule has 4 heteroatoms. The van der Waals surface area contributed by atoms with Crippen LogP contribution in [0.4, 0.5) is 0 Å². The maximum absolute atomic E-state index is 9.43. The smallest absolute Gasteiger partial charge is 0.143 e. The summed E-state index contributed by atoms with van der Waals surface area (Å²) in [4.78, 5) is 0. The lowest BCUT2D eigenvalue weighted by atomic mass is 9.80. The molecule has 0 radical (unpaired) electrons. The highest BCUT2D eigenvalue weighted by atomic mass is 16.6. The Morgan fingerprint density at radius 2 is 1.00 bits per heavy atom. The average molecular weight is 702 g/mol. The third-order valence-electron chi connectivity index (χ3n) is 10.0. The Bertz CT molecular complexity index is 1400. The van der Waals surface area contributed by atoms with E-state index in [4.69, 9.17) is 14.2 Å². The molecule has 0 spiro atoms. The topological polar surface area (TPSA) is 51.5 Å². The van der Waals surface area contributed by atoms with E-state index in [-0.39, 0.29) is 6.10 Å². The molecule has 0 fully saturated rings. The van der Waals surface area contributed by atoms with Gasteiger partial charge in [-0.15, -0.1) is 0 Å². The van der Waals surface area contributed by atoms with Crippen molar-refractivity contribution in [2.45, 2.75) is 128 Å². The van der Waals surface area contributed by atoms with Gasteiger partial charge in [-0.05, 0) is 40.8 Å². The fourth-order valence-electron chi connectivity index (χ4n) is 7.04. The summed E-state index contributed by atoms with van der Waals surface area (Å²) in [5, 5.41) is 9.43. The minimum Gasteiger partial charge on any atom is -0.379 e. The monoisotopic (exact) mass is 701 g/mol. The molecule has 4 aromatic carbocycles. The van der Waals surface area contributed by atoms with E-state index in [2.05, 4.69) is 85.8 Å². The van der Waals surface area contributed by atoms with E-state index < -0.39 is 5.60 Å². The molecular weight excluding hydrogens is 639 g/mol. The largest absolute Gasteiger partial charge is 0.379 e. The Morgan fingerprint density at radius 1 is 0.538 bits per heavy atom. The van der Waals surface area contributed by atoms with Crippen LogP contribution in [0.3, 0.4) is 0 Å². The second kappa shape index (κ2) is 25.3. The van der Waals surface area contributed by atoms with Gasteiger partial charge in [-0.25, -0.2) is 0 Å². The third kappa shape index (κ3) is 14.3. The van der Waals surface area contributed by atoms with Gasteiger partial charge in [-0.2, -0.15) is 5.26 Å². The molecule has 0 aliphatic rings. The number of benzene rings is 4. The van der Waals surface area contributed by atoms with Gasteiger partial charge in [0.25, 0.3) is 0 Å². The molecule has 0 amide bonds. The zero-order chi connectivity index (χ0) is 36.4. The first-order valence-electron chi connectivity index (χ1n) is 20.2. The molecule has 0 bridgehead atoms. The van der Waals surface area contributed by atoms with Crippen molar-refractivity contribution in [2.75, 3.05) is 19.8 Å². The maximum Gasteiger partial charge on any atom is 0.143 e. The summed E-state index contributed by atoms with van der Waals surface area (Å²) in [5.74, 6) is 0. The summed E-state index contributed by atoms with van der Waals surface area (Å²) < 4.78 is 19.9. The molecule has 1 atom stereocenters. The molecular formula is C48H63NO3. The molecule has 0 unspecified atom stereocenters. The normalized spacial score (nSPS) is 12.1. The van der Waals surface area contributed by atoms with Crippen LogP contribution in [-0.4, -0.2) is 25.9 Å². The lowest BCUT2D eigenvalue weighted by Crippen LogP contribution is -2.37. The maximum atomic E-state index is 9.43. The van der Waals surface area contributed by atoms with Crippen molar-refractivity contribution in [3.63, 3.8) is 0 Å². The number of hydrogen-bond acceptors (Lipinski definition) is 4. The van der Waals surface area contributed by atoms with Gasteiger partial charge in [0, 0.05) is 6.61 Å². The second-order valence-electron chi connectivity index (χ2n) is 14.2. The molecule has 0 heterocycles. The van der Waals surface area contributed by atoms with Crippen LogP contribution in [0, 0.1) is 11.3 Å². The lowest BCUT2D eigenvalue weighted by molar-refractivity contribution is -0.0968. The first-order chi connectivity index (χ1) is 25.8. The Balaban J connectivity index is 1.27. The van der Waals surface area contributed by atoms with Crippen molar-refractivity contribution in [3.05, 3.63) is 143 Å². The van der Waals surface area contributed by atoms with Crippen molar-refractivity contribution >= 4 is 0 Å². The molecule has 4 aromatic rings. The van der Waals surface area contributed by atoms with Gasteiger partial charge < -0.3 is 14.2 Å². The van der Waals surface area contributed by atoms with Crippen molar-refractivity contribution < 1.29 is 14.2 Å². The van der Waals surface area contributed by atoms with E-state index >= 15 is 0 Å². The predicted molar refractivity (Wildman–Crippen MR) is 215 cm³/mol. The van der Waals surface area contributed by atoms with E-state index in [0.717, 1.165) is 28.7 Å². The number of nitriles is 1. The van der Waals surface area contributed by atoms with Crippen LogP contribution in [0.15, 0.2) is 115 Å². The van der Waals surface area contributed by atoms with E-state index in [9.17, 15) is 5.26 Å². The highest BCUT2D eigenvalue weighted by Gasteiger charge is 2.38. The van der Waals surface area contributed by atoms with Crippen LogP contribution >= 0.6 is 0 Å². The molecule has 278 valence electrons. The van der Waals surface area contributed by atoms with Crippen molar-refractivity contribution in [1.29, 1.82) is 5.26 Å². The Morgan fingerprint density at radius 3 is 1.46 bits per heavy atom. The Labute approximate surface area is 315 Å². The lowest BCUT2D eigenvalue weighted by Gasteiger charge is -2.37. The fraction of sp³-hybridized carbons (Fsp3) is 0.479. The standard InChI is InChI=1S/C48H63NO3/c1-2-3-4-5-6-7-8-9-10-11-12-13-14-15-16-26-36-50-40-47(51-39-43-29-27-28-42(37-43)38-49)41-52-48(44-30-20-17-21-31-44,45-32-22-18-23-33-45)46-34-24-19-25-35-46/h17-25,27-35,37,47H,2-16,26,36,39-41H2,1H3/t47-/m1/s1. The minimum atomic E-state index is -0.833. The van der Waals surface area contributed by atoms with Crippen LogP contribution in [0.25, 0.3) is 0 Å². The minimum absolute atomic E-state index is 0.303. The Hall–Kier alpha value is -3.75. The highest BCUT2D eigenvalue weighted by molar-refractivity contribution is 5.47. The van der Waals surface area contributed by atoms with Crippen LogP contribution < -0.4 is 0 Å². The van der Waals surface area contributed by atoms with Crippen molar-refractivity contribution in [3.8, 4) is 6.07 Å². The summed E-state index contributed by atoms with van der Waals surface area (Å²) in [7, 11) is 0.